The van der Waals surface area contributed by atoms with Crippen LogP contribution in [0.3, 0.4) is 0 Å². The summed E-state index contributed by atoms with van der Waals surface area (Å²) in [7, 11) is 1.64. The van der Waals surface area contributed by atoms with Crippen LogP contribution >= 0.6 is 11.6 Å². The van der Waals surface area contributed by atoms with E-state index in [1.165, 1.54) is 0 Å². The molecule has 5 heteroatoms. The summed E-state index contributed by atoms with van der Waals surface area (Å²) in [6, 6.07) is 17.6. The molecule has 0 saturated carbocycles. The number of aromatic nitrogens is 2. The highest BCUT2D eigenvalue weighted by Gasteiger charge is 2.11. The third-order valence-electron chi connectivity index (χ3n) is 3.48. The minimum Gasteiger partial charge on any atom is -0.497 e. The van der Waals surface area contributed by atoms with Gasteiger partial charge in [-0.15, -0.1) is 0 Å². The van der Waals surface area contributed by atoms with Crippen LogP contribution in [0.5, 0.6) is 5.75 Å². The topological polar surface area (TPSA) is 53.1 Å². The number of nitrogens with two attached hydrogens (primary N) is 1. The first-order valence-electron chi connectivity index (χ1n) is 6.90. The summed E-state index contributed by atoms with van der Waals surface area (Å²) >= 11 is 6.11. The van der Waals surface area contributed by atoms with Crippen LogP contribution in [-0.4, -0.2) is 16.9 Å². The molecule has 22 heavy (non-hydrogen) atoms. The zero-order valence-electron chi connectivity index (χ0n) is 12.2. The second-order valence-corrected chi connectivity index (χ2v) is 5.25. The molecule has 0 amide bonds. The molecule has 3 rings (SSSR count). The number of rotatable bonds is 4. The van der Waals surface area contributed by atoms with Gasteiger partial charge in [0.05, 0.1) is 18.5 Å². The number of halogens is 1. The zero-order chi connectivity index (χ0) is 15.5. The number of ether oxygens (including phenoxy) is 1. The van der Waals surface area contributed by atoms with E-state index in [0.29, 0.717) is 11.7 Å². The SMILES string of the molecule is COc1ccc(-n2nc(Cl)cc2-c2ccc(CN)cc2)cc1. The van der Waals surface area contributed by atoms with E-state index in [1.807, 2.05) is 59.3 Å². The molecular weight excluding hydrogens is 298 g/mol. The van der Waals surface area contributed by atoms with Crippen molar-refractivity contribution >= 4 is 11.6 Å². The number of methoxy groups -OCH3 is 1. The maximum atomic E-state index is 6.11. The van der Waals surface area contributed by atoms with E-state index in [0.717, 1.165) is 28.3 Å². The summed E-state index contributed by atoms with van der Waals surface area (Å²) in [5.41, 5.74) is 9.61. The monoisotopic (exact) mass is 313 g/mol. The lowest BCUT2D eigenvalue weighted by Crippen LogP contribution is -2.00. The minimum absolute atomic E-state index is 0.453. The van der Waals surface area contributed by atoms with Gasteiger partial charge in [0.1, 0.15) is 5.75 Å². The fraction of sp³-hybridized carbons (Fsp3) is 0.118. The van der Waals surface area contributed by atoms with E-state index in [1.54, 1.807) is 7.11 Å². The highest BCUT2D eigenvalue weighted by Crippen LogP contribution is 2.27. The molecule has 2 N–H and O–H groups in total. The van der Waals surface area contributed by atoms with Gasteiger partial charge >= 0.3 is 0 Å². The van der Waals surface area contributed by atoms with Crippen molar-refractivity contribution in [3.63, 3.8) is 0 Å². The predicted octanol–water partition coefficient (Wildman–Crippen LogP) is 3.66. The van der Waals surface area contributed by atoms with Crippen molar-refractivity contribution in [2.75, 3.05) is 7.11 Å². The lowest BCUT2D eigenvalue weighted by atomic mass is 10.1. The molecule has 0 spiro atoms. The summed E-state index contributed by atoms with van der Waals surface area (Å²) in [5, 5.41) is 4.82. The molecule has 1 aromatic heterocycles. The van der Waals surface area contributed by atoms with Gasteiger partial charge in [-0.2, -0.15) is 5.10 Å². The predicted molar refractivity (Wildman–Crippen MR) is 88.5 cm³/mol. The Morgan fingerprint density at radius 3 is 2.36 bits per heavy atom. The zero-order valence-corrected chi connectivity index (χ0v) is 12.9. The Bertz CT molecular complexity index is 699. The molecule has 3 aromatic rings. The van der Waals surface area contributed by atoms with Crippen LogP contribution in [0.4, 0.5) is 0 Å². The summed E-state index contributed by atoms with van der Waals surface area (Å²) in [5.74, 6) is 0.802. The second-order valence-electron chi connectivity index (χ2n) is 4.86. The van der Waals surface area contributed by atoms with Gasteiger partial charge in [0.2, 0.25) is 0 Å². The molecule has 0 aliphatic heterocycles. The van der Waals surface area contributed by atoms with Crippen molar-refractivity contribution in [3.8, 4) is 22.7 Å². The Balaban J connectivity index is 2.04. The molecule has 0 unspecified atom stereocenters. The van der Waals surface area contributed by atoms with Crippen LogP contribution in [-0.2, 0) is 6.54 Å². The van der Waals surface area contributed by atoms with Crippen LogP contribution in [0.1, 0.15) is 5.56 Å². The lowest BCUT2D eigenvalue weighted by molar-refractivity contribution is 0.414. The van der Waals surface area contributed by atoms with Gasteiger partial charge in [-0.25, -0.2) is 4.68 Å². The summed E-state index contributed by atoms with van der Waals surface area (Å²) in [4.78, 5) is 0. The van der Waals surface area contributed by atoms with Gasteiger partial charge in [-0.05, 0) is 29.8 Å². The van der Waals surface area contributed by atoms with Crippen LogP contribution in [0.2, 0.25) is 5.15 Å². The van der Waals surface area contributed by atoms with Crippen molar-refractivity contribution in [3.05, 3.63) is 65.3 Å². The van der Waals surface area contributed by atoms with Gasteiger partial charge < -0.3 is 10.5 Å². The Labute approximate surface area is 134 Å². The molecule has 0 aliphatic rings. The molecule has 1 heterocycles. The van der Waals surface area contributed by atoms with Crippen LogP contribution in [0.25, 0.3) is 16.9 Å². The Hall–Kier alpha value is -2.30. The number of benzene rings is 2. The number of nitrogens with zero attached hydrogens (tertiary/aromatic N) is 2. The van der Waals surface area contributed by atoms with E-state index < -0.39 is 0 Å². The molecule has 4 nitrogen and oxygen atoms in total. The van der Waals surface area contributed by atoms with Crippen LogP contribution in [0, 0.1) is 0 Å². The molecule has 0 aliphatic carbocycles. The first kappa shape index (κ1) is 14.6. The van der Waals surface area contributed by atoms with E-state index in [-0.39, 0.29) is 0 Å². The average Bonchev–Trinajstić information content (AvgIpc) is 2.97. The van der Waals surface area contributed by atoms with Gasteiger partial charge in [-0.1, -0.05) is 35.9 Å². The quantitative estimate of drug-likeness (QED) is 0.799. The van der Waals surface area contributed by atoms with E-state index in [2.05, 4.69) is 5.10 Å². The first-order valence-corrected chi connectivity index (χ1v) is 7.28. The second kappa shape index (κ2) is 6.22. The summed E-state index contributed by atoms with van der Waals surface area (Å²) in [6.45, 7) is 0.527. The third kappa shape index (κ3) is 2.84. The normalized spacial score (nSPS) is 10.7. The molecule has 112 valence electrons. The molecule has 0 saturated heterocycles. The number of hydrogen-bond acceptors (Lipinski definition) is 3. The maximum Gasteiger partial charge on any atom is 0.152 e. The van der Waals surface area contributed by atoms with Gasteiger partial charge in [0, 0.05) is 18.2 Å². The Morgan fingerprint density at radius 2 is 1.77 bits per heavy atom. The highest BCUT2D eigenvalue weighted by molar-refractivity contribution is 6.29. The van der Waals surface area contributed by atoms with Crippen molar-refractivity contribution in [1.82, 2.24) is 9.78 Å². The molecule has 0 fully saturated rings. The highest BCUT2D eigenvalue weighted by atomic mass is 35.5. The first-order chi connectivity index (χ1) is 10.7. The standard InChI is InChI=1S/C17H16ClN3O/c1-22-15-8-6-14(7-9-15)21-16(10-17(18)20-21)13-4-2-12(11-19)3-5-13/h2-10H,11,19H2,1H3. The Kier molecular flexibility index (Phi) is 4.13. The van der Waals surface area contributed by atoms with Gasteiger partial charge in [0.25, 0.3) is 0 Å². The van der Waals surface area contributed by atoms with Crippen molar-refractivity contribution in [2.45, 2.75) is 6.54 Å². The fourth-order valence-electron chi connectivity index (χ4n) is 2.29. The molecule has 0 radical (unpaired) electrons. The minimum atomic E-state index is 0.453. The lowest BCUT2D eigenvalue weighted by Gasteiger charge is -2.09. The smallest absolute Gasteiger partial charge is 0.152 e. The van der Waals surface area contributed by atoms with E-state index in [4.69, 9.17) is 22.1 Å². The van der Waals surface area contributed by atoms with Gasteiger partial charge in [0.15, 0.2) is 5.15 Å². The summed E-state index contributed by atoms with van der Waals surface area (Å²) in [6.07, 6.45) is 0. The van der Waals surface area contributed by atoms with Crippen LogP contribution in [0.15, 0.2) is 54.6 Å². The summed E-state index contributed by atoms with van der Waals surface area (Å²) < 4.78 is 7.00. The largest absolute Gasteiger partial charge is 0.497 e. The number of hydrogen-bond donors (Lipinski definition) is 1. The van der Waals surface area contributed by atoms with Gasteiger partial charge in [-0.3, -0.25) is 0 Å². The third-order valence-corrected chi connectivity index (χ3v) is 3.67. The maximum absolute atomic E-state index is 6.11. The van der Waals surface area contributed by atoms with E-state index >= 15 is 0 Å². The fourth-order valence-corrected chi connectivity index (χ4v) is 2.47. The Morgan fingerprint density at radius 1 is 1.09 bits per heavy atom. The molecule has 0 atom stereocenters. The van der Waals surface area contributed by atoms with E-state index in [9.17, 15) is 0 Å². The molecule has 0 bridgehead atoms. The molecular formula is C17H16ClN3O. The molecule has 2 aromatic carbocycles. The van der Waals surface area contributed by atoms with Crippen molar-refractivity contribution < 1.29 is 4.74 Å². The van der Waals surface area contributed by atoms with Crippen molar-refractivity contribution in [1.29, 1.82) is 0 Å². The average molecular weight is 314 g/mol. The van der Waals surface area contributed by atoms with Crippen molar-refractivity contribution in [2.24, 2.45) is 5.73 Å². The van der Waals surface area contributed by atoms with Crippen LogP contribution < -0.4 is 10.5 Å².